The van der Waals surface area contributed by atoms with Crippen LogP contribution in [-0.2, 0) is 0 Å². The summed E-state index contributed by atoms with van der Waals surface area (Å²) in [6.45, 7) is 8.69. The van der Waals surface area contributed by atoms with Crippen molar-refractivity contribution in [2.75, 3.05) is 6.54 Å². The molecule has 114 valence electrons. The van der Waals surface area contributed by atoms with Crippen molar-refractivity contribution in [2.45, 2.75) is 46.6 Å². The number of carbonyl (C=O) groups is 1. The molecule has 0 bridgehead atoms. The molecule has 0 heterocycles. The molecule has 1 aromatic carbocycles. The second-order valence-corrected chi connectivity index (χ2v) is 5.37. The van der Waals surface area contributed by atoms with Crippen molar-refractivity contribution in [3.05, 3.63) is 34.9 Å². The average molecular weight is 286 g/mol. The standard InChI is InChI=1S/C18H26N2O/c1-5-15(6-2)14(4)20-18(21)17-10-9-16(8-7-11-19)13(3)12-17/h9-10,12,14-15H,5-6,11,19H2,1-4H3,(H,20,21). The number of rotatable bonds is 5. The fourth-order valence-electron chi connectivity index (χ4n) is 2.50. The van der Waals surface area contributed by atoms with Crippen molar-refractivity contribution in [1.82, 2.24) is 5.32 Å². The molecule has 0 saturated heterocycles. The molecular weight excluding hydrogens is 260 g/mol. The molecule has 1 rings (SSSR count). The Kier molecular flexibility index (Phi) is 6.98. The van der Waals surface area contributed by atoms with Gasteiger partial charge in [0.15, 0.2) is 0 Å². The predicted octanol–water partition coefficient (Wildman–Crippen LogP) is 2.86. The fraction of sp³-hybridized carbons (Fsp3) is 0.500. The zero-order chi connectivity index (χ0) is 15.8. The lowest BCUT2D eigenvalue weighted by Crippen LogP contribution is -2.37. The van der Waals surface area contributed by atoms with Crippen LogP contribution in [0.4, 0.5) is 0 Å². The second-order valence-electron chi connectivity index (χ2n) is 5.37. The SMILES string of the molecule is CCC(CC)C(C)NC(=O)c1ccc(C#CCN)c(C)c1. The number of amides is 1. The Labute approximate surface area is 128 Å². The molecule has 0 aliphatic carbocycles. The maximum atomic E-state index is 12.3. The molecule has 0 aliphatic rings. The molecule has 21 heavy (non-hydrogen) atoms. The highest BCUT2D eigenvalue weighted by Gasteiger charge is 2.16. The van der Waals surface area contributed by atoms with Crippen LogP contribution in [0.1, 0.15) is 55.1 Å². The monoisotopic (exact) mass is 286 g/mol. The number of hydrogen-bond donors (Lipinski definition) is 2. The molecule has 3 N–H and O–H groups in total. The minimum absolute atomic E-state index is 0.0177. The minimum atomic E-state index is -0.0177. The Morgan fingerprint density at radius 3 is 2.52 bits per heavy atom. The first kappa shape index (κ1) is 17.3. The molecule has 1 amide bonds. The molecule has 0 spiro atoms. The van der Waals surface area contributed by atoms with Crippen LogP contribution in [-0.4, -0.2) is 18.5 Å². The van der Waals surface area contributed by atoms with Crippen LogP contribution in [0, 0.1) is 24.7 Å². The van der Waals surface area contributed by atoms with Gasteiger partial charge in [-0.15, -0.1) is 0 Å². The van der Waals surface area contributed by atoms with E-state index in [0.717, 1.165) is 24.0 Å². The van der Waals surface area contributed by atoms with E-state index in [2.05, 4.69) is 37.9 Å². The summed E-state index contributed by atoms with van der Waals surface area (Å²) in [7, 11) is 0. The number of benzene rings is 1. The van der Waals surface area contributed by atoms with E-state index in [9.17, 15) is 4.79 Å². The average Bonchev–Trinajstić information content (AvgIpc) is 2.47. The second kappa shape index (κ2) is 8.49. The normalized spacial score (nSPS) is 11.7. The van der Waals surface area contributed by atoms with E-state index in [4.69, 9.17) is 5.73 Å². The molecule has 1 unspecified atom stereocenters. The predicted molar refractivity (Wildman–Crippen MR) is 88.1 cm³/mol. The Balaban J connectivity index is 2.82. The van der Waals surface area contributed by atoms with Crippen molar-refractivity contribution >= 4 is 5.91 Å². The van der Waals surface area contributed by atoms with E-state index in [1.807, 2.05) is 25.1 Å². The van der Waals surface area contributed by atoms with Crippen molar-refractivity contribution in [2.24, 2.45) is 11.7 Å². The lowest BCUT2D eigenvalue weighted by Gasteiger charge is -2.22. The molecule has 0 aliphatic heterocycles. The Bertz CT molecular complexity index is 536. The van der Waals surface area contributed by atoms with E-state index < -0.39 is 0 Å². The molecule has 0 fully saturated rings. The Hall–Kier alpha value is -1.79. The molecule has 0 aromatic heterocycles. The third-order valence-corrected chi connectivity index (χ3v) is 3.93. The van der Waals surface area contributed by atoms with E-state index in [-0.39, 0.29) is 11.9 Å². The van der Waals surface area contributed by atoms with Gasteiger partial charge in [0.2, 0.25) is 0 Å². The molecular formula is C18H26N2O. The summed E-state index contributed by atoms with van der Waals surface area (Å²) < 4.78 is 0. The van der Waals surface area contributed by atoms with Crippen molar-refractivity contribution in [3.8, 4) is 11.8 Å². The van der Waals surface area contributed by atoms with Gasteiger partial charge >= 0.3 is 0 Å². The summed E-state index contributed by atoms with van der Waals surface area (Å²) in [4.78, 5) is 12.3. The van der Waals surface area contributed by atoms with E-state index in [1.165, 1.54) is 0 Å². The third kappa shape index (κ3) is 4.91. The van der Waals surface area contributed by atoms with E-state index in [1.54, 1.807) is 0 Å². The summed E-state index contributed by atoms with van der Waals surface area (Å²) in [6, 6.07) is 5.77. The number of nitrogens with one attached hydrogen (secondary N) is 1. The summed E-state index contributed by atoms with van der Waals surface area (Å²) in [5.41, 5.74) is 7.98. The van der Waals surface area contributed by atoms with Crippen molar-refractivity contribution in [3.63, 3.8) is 0 Å². The molecule has 1 atom stereocenters. The van der Waals surface area contributed by atoms with Gasteiger partial charge in [-0.1, -0.05) is 38.5 Å². The highest BCUT2D eigenvalue weighted by atomic mass is 16.1. The van der Waals surface area contributed by atoms with Gasteiger partial charge in [0, 0.05) is 17.2 Å². The van der Waals surface area contributed by atoms with Crippen LogP contribution in [0.25, 0.3) is 0 Å². The van der Waals surface area contributed by atoms with Crippen LogP contribution in [0.2, 0.25) is 0 Å². The molecule has 3 nitrogen and oxygen atoms in total. The Morgan fingerprint density at radius 2 is 2.00 bits per heavy atom. The quantitative estimate of drug-likeness (QED) is 0.818. The van der Waals surface area contributed by atoms with Crippen LogP contribution in [0.3, 0.4) is 0 Å². The first-order valence-corrected chi connectivity index (χ1v) is 7.63. The maximum absolute atomic E-state index is 12.3. The van der Waals surface area contributed by atoms with Gasteiger partial charge in [0.1, 0.15) is 0 Å². The fourth-order valence-corrected chi connectivity index (χ4v) is 2.50. The van der Waals surface area contributed by atoms with Gasteiger partial charge < -0.3 is 11.1 Å². The van der Waals surface area contributed by atoms with Crippen molar-refractivity contribution < 1.29 is 4.79 Å². The largest absolute Gasteiger partial charge is 0.349 e. The summed E-state index contributed by atoms with van der Waals surface area (Å²) >= 11 is 0. The van der Waals surface area contributed by atoms with Crippen LogP contribution in [0.15, 0.2) is 18.2 Å². The number of carbonyl (C=O) groups excluding carboxylic acids is 1. The van der Waals surface area contributed by atoms with Gasteiger partial charge in [-0.3, -0.25) is 4.79 Å². The highest BCUT2D eigenvalue weighted by Crippen LogP contribution is 2.14. The van der Waals surface area contributed by atoms with Gasteiger partial charge in [0.25, 0.3) is 5.91 Å². The number of aryl methyl sites for hydroxylation is 1. The lowest BCUT2D eigenvalue weighted by atomic mass is 9.95. The smallest absolute Gasteiger partial charge is 0.251 e. The van der Waals surface area contributed by atoms with Crippen LogP contribution < -0.4 is 11.1 Å². The lowest BCUT2D eigenvalue weighted by molar-refractivity contribution is 0.0925. The van der Waals surface area contributed by atoms with Crippen LogP contribution >= 0.6 is 0 Å². The summed E-state index contributed by atoms with van der Waals surface area (Å²) in [6.07, 6.45) is 2.15. The van der Waals surface area contributed by atoms with E-state index in [0.29, 0.717) is 18.0 Å². The maximum Gasteiger partial charge on any atom is 0.251 e. The summed E-state index contributed by atoms with van der Waals surface area (Å²) in [5, 5.41) is 3.09. The van der Waals surface area contributed by atoms with E-state index >= 15 is 0 Å². The molecule has 0 saturated carbocycles. The molecule has 3 heteroatoms. The number of hydrogen-bond acceptors (Lipinski definition) is 2. The number of nitrogens with two attached hydrogens (primary N) is 1. The van der Waals surface area contributed by atoms with Gasteiger partial charge in [-0.2, -0.15) is 0 Å². The van der Waals surface area contributed by atoms with Gasteiger partial charge in [-0.25, -0.2) is 0 Å². The first-order chi connectivity index (χ1) is 10.0. The van der Waals surface area contributed by atoms with Gasteiger partial charge in [-0.05, 0) is 43.5 Å². The Morgan fingerprint density at radius 1 is 1.33 bits per heavy atom. The first-order valence-electron chi connectivity index (χ1n) is 7.63. The topological polar surface area (TPSA) is 55.1 Å². The molecule has 1 aromatic rings. The van der Waals surface area contributed by atoms with Gasteiger partial charge in [0.05, 0.1) is 6.54 Å². The molecule has 0 radical (unpaired) electrons. The highest BCUT2D eigenvalue weighted by molar-refractivity contribution is 5.94. The zero-order valence-electron chi connectivity index (χ0n) is 13.5. The zero-order valence-corrected chi connectivity index (χ0v) is 13.5. The van der Waals surface area contributed by atoms with Crippen LogP contribution in [0.5, 0.6) is 0 Å². The third-order valence-electron chi connectivity index (χ3n) is 3.93. The summed E-state index contributed by atoms with van der Waals surface area (Å²) in [5.74, 6) is 6.34. The van der Waals surface area contributed by atoms with Crippen molar-refractivity contribution in [1.29, 1.82) is 0 Å². The minimum Gasteiger partial charge on any atom is -0.349 e.